The molecule has 9 N–H and O–H groups in total. The lowest BCUT2D eigenvalue weighted by molar-refractivity contribution is -0.138. The smallest absolute Gasteiger partial charge is 0.416 e. The number of ether oxygens (including phenoxy) is 1. The number of carboxylic acid groups (broad SMARTS) is 4. The Balaban J connectivity index is 0.000000129. The largest absolute Gasteiger partial charge is 0.508 e. The standard InChI is InChI=1S/C26H18F3N3O5.C24H16F3N3O4S.C23H14F3N3O5S.C21H12F3N3O4S2/c1-37-16-6-4-5-14(11-16)13-31-20-10-9-15(26(27,28)29)12-18(20)21(22(31)24(34)35)32-23(33)17-7-2-3-8-19(17)30-25(32)36;1-12-3-2-4-13(7-12)9-29-18-6-5-14(24(25,26)27)8-15(18)19(20(29)22(32)33)30-21(31)16-10-35-11-17(16)28-23(30)34;24-23(25,26)12-4-5-17-14(7-12)18(29-20(31)15-9-35-10-16(15)27-22(29)34)19(21(32)33)28(17)8-11-2-1-3-13(30)6-11;22-21(23,24)10-3-4-15-12(6-10)16(17(19(29)30)26(15)7-11-2-1-5-33-11)27-18(28)13-8-32-9-14(13)25-20(27)31/h2-12H,13H2,1H3,(H,30,36)(H,34,35);2-8,10-11H,9H2,1H3,(H,28,34)(H,32,33);1-7,9-10,30H,8H2,(H,27,34)(H,32,33);1-6,8-9H,7H2,(H,25,31)(H,29,30). The molecular formula is C94H60F12N12O18S4. The van der Waals surface area contributed by atoms with Crippen LogP contribution in [0.4, 0.5) is 52.7 Å². The van der Waals surface area contributed by atoms with Gasteiger partial charge in [0.1, 0.15) is 11.5 Å². The van der Waals surface area contributed by atoms with E-state index in [0.717, 1.165) is 117 Å². The third kappa shape index (κ3) is 17.6. The highest BCUT2D eigenvalue weighted by molar-refractivity contribution is 7.10. The van der Waals surface area contributed by atoms with E-state index in [1.165, 1.54) is 88.6 Å². The van der Waals surface area contributed by atoms with Gasteiger partial charge in [-0.15, -0.1) is 45.3 Å². The highest BCUT2D eigenvalue weighted by Crippen LogP contribution is 2.43. The summed E-state index contributed by atoms with van der Waals surface area (Å²) in [4.78, 5) is 165. The number of aromatic nitrogens is 12. The molecule has 0 unspecified atom stereocenters. The highest BCUT2D eigenvalue weighted by Gasteiger charge is 2.40. The van der Waals surface area contributed by atoms with E-state index in [-0.39, 0.29) is 119 Å². The van der Waals surface area contributed by atoms with Crippen LogP contribution in [-0.4, -0.2) is 113 Å². The highest BCUT2D eigenvalue weighted by atomic mass is 32.1. The van der Waals surface area contributed by atoms with Crippen LogP contribution in [0.5, 0.6) is 11.5 Å². The Bertz CT molecular complexity index is 8800. The van der Waals surface area contributed by atoms with Crippen molar-refractivity contribution >= 4 is 156 Å². The Kier molecular flexibility index (Phi) is 24.6. The third-order valence-corrected chi connectivity index (χ3v) is 25.7. The molecule has 0 saturated heterocycles. The molecule has 12 aromatic heterocycles. The van der Waals surface area contributed by atoms with Gasteiger partial charge < -0.3 is 68.5 Å². The quantitative estimate of drug-likeness (QED) is 0.0382. The lowest BCUT2D eigenvalue weighted by atomic mass is 10.1. The summed E-state index contributed by atoms with van der Waals surface area (Å²) in [6, 6.07) is 40.3. The first-order chi connectivity index (χ1) is 66.4. The van der Waals surface area contributed by atoms with E-state index in [1.54, 1.807) is 82.9 Å². The number of nitrogens with one attached hydrogen (secondary N) is 4. The monoisotopic (exact) mass is 2000 g/mol. The van der Waals surface area contributed by atoms with Gasteiger partial charge in [0.15, 0.2) is 22.8 Å². The van der Waals surface area contributed by atoms with Crippen molar-refractivity contribution in [1.29, 1.82) is 0 Å². The molecule has 0 aliphatic carbocycles. The van der Waals surface area contributed by atoms with E-state index < -0.39 is 161 Å². The average Bonchev–Trinajstić information content (AvgIpc) is 1.57. The van der Waals surface area contributed by atoms with Crippen LogP contribution in [0.3, 0.4) is 0 Å². The summed E-state index contributed by atoms with van der Waals surface area (Å²) in [5.74, 6) is -5.65. The van der Waals surface area contributed by atoms with Gasteiger partial charge in [-0.25, -0.2) is 56.6 Å². The molecule has 712 valence electrons. The Morgan fingerprint density at radius 2 is 0.657 bits per heavy atom. The maximum Gasteiger partial charge on any atom is 0.416 e. The van der Waals surface area contributed by atoms with Crippen LogP contribution < -0.4 is 49.7 Å². The van der Waals surface area contributed by atoms with Crippen molar-refractivity contribution in [2.75, 3.05) is 7.11 Å². The number of aromatic carboxylic acids is 4. The molecule has 0 amide bonds. The summed E-state index contributed by atoms with van der Waals surface area (Å²) >= 11 is 4.78. The van der Waals surface area contributed by atoms with Crippen molar-refractivity contribution in [3.8, 4) is 34.2 Å². The number of carboxylic acids is 4. The molecule has 20 rings (SSSR count). The summed E-state index contributed by atoms with van der Waals surface area (Å²) in [7, 11) is 1.46. The van der Waals surface area contributed by atoms with Gasteiger partial charge in [-0.2, -0.15) is 52.7 Å². The van der Waals surface area contributed by atoms with Gasteiger partial charge in [0, 0.05) is 78.3 Å². The molecule has 12 heterocycles. The summed E-state index contributed by atoms with van der Waals surface area (Å²) in [6.07, 6.45) is -18.9. The van der Waals surface area contributed by atoms with Crippen LogP contribution in [0.2, 0.25) is 0 Å². The topological polar surface area (TPSA) is 418 Å². The van der Waals surface area contributed by atoms with Gasteiger partial charge in [0.25, 0.3) is 22.2 Å². The van der Waals surface area contributed by atoms with Crippen LogP contribution in [0.15, 0.2) is 258 Å². The van der Waals surface area contributed by atoms with Gasteiger partial charge in [-0.1, -0.05) is 72.3 Å². The molecule has 20 aromatic rings. The third-order valence-electron chi connectivity index (χ3n) is 22.6. The van der Waals surface area contributed by atoms with E-state index in [9.17, 15) is 136 Å². The zero-order chi connectivity index (χ0) is 100. The maximum atomic E-state index is 13.6. The van der Waals surface area contributed by atoms with E-state index in [2.05, 4.69) is 19.9 Å². The number of hydrogen-bond acceptors (Lipinski definition) is 18. The second kappa shape index (κ2) is 36.3. The number of H-pyrrole nitrogens is 4. The number of halogens is 12. The summed E-state index contributed by atoms with van der Waals surface area (Å²) in [5, 5.41) is 60.8. The van der Waals surface area contributed by atoms with Gasteiger partial charge in [-0.3, -0.25) is 19.2 Å². The molecule has 0 saturated carbocycles. The number of phenols is 1. The predicted molar refractivity (Wildman–Crippen MR) is 497 cm³/mol. The van der Waals surface area contributed by atoms with Crippen LogP contribution in [0, 0.1) is 6.92 Å². The molecule has 140 heavy (non-hydrogen) atoms. The summed E-state index contributed by atoms with van der Waals surface area (Å²) in [5.41, 5.74) is -11.1. The van der Waals surface area contributed by atoms with Crippen LogP contribution in [0.1, 0.15) is 91.3 Å². The molecule has 8 aromatic carbocycles. The SMILES string of the molecule is COc1cccc(Cn2c(C(=O)O)c(-n3c(=O)[nH]c4ccccc4c3=O)c3cc(C(F)(F)F)ccc32)c1.Cc1cccc(Cn2c(C(=O)O)c(-n3c(=O)[nH]c4cscc4c3=O)c3cc(C(F)(F)F)ccc32)c1.O=C(O)c1c(-n2c(=O)[nH]c3cscc3c2=O)c2cc(C(F)(F)F)ccc2n1Cc1cccc(O)c1.O=C(O)c1c(-n2c(=O)[nH]c3cscc3c2=O)c2cc(C(F)(F)F)ccc2n1Cc1cccs1. The second-order valence-electron chi connectivity index (χ2n) is 31.3. The van der Waals surface area contributed by atoms with Crippen molar-refractivity contribution in [3.63, 3.8) is 0 Å². The molecule has 0 aliphatic rings. The number of benzene rings is 8. The van der Waals surface area contributed by atoms with Crippen molar-refractivity contribution < 1.29 is 102 Å². The number of aryl methyl sites for hydroxylation is 1. The maximum absolute atomic E-state index is 13.6. The summed E-state index contributed by atoms with van der Waals surface area (Å²) < 4.78 is 175. The van der Waals surface area contributed by atoms with Crippen LogP contribution >= 0.6 is 45.3 Å². The average molecular weight is 2000 g/mol. The van der Waals surface area contributed by atoms with E-state index in [4.69, 9.17) is 4.74 Å². The van der Waals surface area contributed by atoms with Crippen molar-refractivity contribution in [1.82, 2.24) is 56.5 Å². The minimum absolute atomic E-state index is 0.00146. The summed E-state index contributed by atoms with van der Waals surface area (Å²) in [6.45, 7) is 1.64. The molecule has 30 nitrogen and oxygen atoms in total. The number of aromatic hydroxyl groups is 1. The van der Waals surface area contributed by atoms with Gasteiger partial charge >= 0.3 is 71.3 Å². The van der Waals surface area contributed by atoms with E-state index in [0.29, 0.717) is 40.7 Å². The number of para-hydroxylation sites is 1. The van der Waals surface area contributed by atoms with E-state index in [1.807, 2.05) is 19.1 Å². The van der Waals surface area contributed by atoms with E-state index >= 15 is 0 Å². The van der Waals surface area contributed by atoms with Crippen molar-refractivity contribution in [2.24, 2.45) is 0 Å². The zero-order valence-electron chi connectivity index (χ0n) is 71.0. The number of carbonyl (C=O) groups is 4. The molecule has 0 atom stereocenters. The number of rotatable bonds is 17. The first-order valence-corrected chi connectivity index (χ1v) is 44.3. The number of methoxy groups -OCH3 is 1. The van der Waals surface area contributed by atoms with Crippen LogP contribution in [-0.2, 0) is 50.9 Å². The molecule has 0 aliphatic heterocycles. The normalized spacial score (nSPS) is 12.0. The Hall–Kier alpha value is -16.9. The zero-order valence-corrected chi connectivity index (χ0v) is 74.2. The van der Waals surface area contributed by atoms with Crippen molar-refractivity contribution in [2.45, 2.75) is 57.8 Å². The fraction of sp³-hybridized carbons (Fsp3) is 0.106. The Labute approximate surface area is 784 Å². The number of hydrogen-bond donors (Lipinski definition) is 9. The number of phenolic OH excluding ortho intramolecular Hbond substituents is 1. The first-order valence-electron chi connectivity index (χ1n) is 40.6. The predicted octanol–water partition coefficient (Wildman–Crippen LogP) is 17.9. The molecule has 0 radical (unpaired) electrons. The lowest BCUT2D eigenvalue weighted by Crippen LogP contribution is -2.34. The molecule has 0 bridgehead atoms. The first kappa shape index (κ1) is 94.9. The van der Waals surface area contributed by atoms with Gasteiger partial charge in [-0.05, 0) is 144 Å². The lowest BCUT2D eigenvalue weighted by Gasteiger charge is -2.11. The molecular weight excluding hydrogens is 1940 g/mol. The molecule has 46 heteroatoms. The van der Waals surface area contributed by atoms with Gasteiger partial charge in [0.2, 0.25) is 0 Å². The molecule has 0 fully saturated rings. The number of nitrogens with zero attached hydrogens (tertiary/aromatic N) is 8. The Morgan fingerprint density at radius 1 is 0.336 bits per heavy atom. The van der Waals surface area contributed by atoms with Crippen molar-refractivity contribution in [3.05, 3.63) is 375 Å². The minimum atomic E-state index is -4.75. The van der Waals surface area contributed by atoms with Gasteiger partial charge in [0.05, 0.1) is 124 Å². The minimum Gasteiger partial charge on any atom is -0.508 e. The molecule has 0 spiro atoms. The number of alkyl halides is 12. The number of aromatic amines is 4. The van der Waals surface area contributed by atoms with Crippen LogP contribution in [0.25, 0.3) is 110 Å². The number of fused-ring (bicyclic) bond motifs is 8. The Morgan fingerprint density at radius 3 is 0.986 bits per heavy atom. The fourth-order valence-corrected chi connectivity index (χ4v) is 19.6. The second-order valence-corrected chi connectivity index (χ2v) is 34.6. The fourth-order valence-electron chi connectivity index (χ4n) is 16.6. The number of thiophene rings is 4.